The number of H-pyrrole nitrogens is 1. The molecule has 3 aromatic heterocycles. The zero-order chi connectivity index (χ0) is 26.6. The van der Waals surface area contributed by atoms with Gasteiger partial charge in [0.15, 0.2) is 11.2 Å². The number of nitriles is 1. The molecule has 0 bridgehead atoms. The molecule has 0 aliphatic carbocycles. The van der Waals surface area contributed by atoms with Crippen LogP contribution in [0.25, 0.3) is 11.2 Å². The monoisotopic (exact) mass is 510 g/mol. The van der Waals surface area contributed by atoms with E-state index in [1.807, 2.05) is 11.0 Å². The Kier molecular flexibility index (Phi) is 5.41. The van der Waals surface area contributed by atoms with Crippen LogP contribution in [0.2, 0.25) is 0 Å². The number of nitrogens with zero attached hydrogens (tertiary/aromatic N) is 7. The minimum absolute atomic E-state index is 0.138. The molecule has 5 heterocycles. The first-order valence-electron chi connectivity index (χ1n) is 12.1. The maximum Gasteiger partial charge on any atom is 0.332 e. The maximum absolute atomic E-state index is 13.3. The van der Waals surface area contributed by atoms with E-state index in [1.165, 1.54) is 22.7 Å². The second-order valence-corrected chi connectivity index (χ2v) is 9.37. The summed E-state index contributed by atoms with van der Waals surface area (Å²) in [5.41, 5.74) is 0.563. The molecule has 0 saturated carbocycles. The summed E-state index contributed by atoms with van der Waals surface area (Å²) in [5, 5.41) is 9.36. The van der Waals surface area contributed by atoms with Gasteiger partial charge < -0.3 is 9.88 Å². The number of hydrogen-bond acceptors (Lipinski definition) is 8. The van der Waals surface area contributed by atoms with Crippen LogP contribution in [0.5, 0.6) is 0 Å². The van der Waals surface area contributed by atoms with E-state index in [-0.39, 0.29) is 41.1 Å². The van der Waals surface area contributed by atoms with E-state index < -0.39 is 11.2 Å². The minimum atomic E-state index is -0.586. The summed E-state index contributed by atoms with van der Waals surface area (Å²) in [4.78, 5) is 67.4. The van der Waals surface area contributed by atoms with Crippen LogP contribution in [0.4, 0.5) is 5.95 Å². The number of amides is 2. The number of aromatic nitrogens is 5. The molecule has 1 N–H and O–H groups in total. The third-order valence-corrected chi connectivity index (χ3v) is 7.17. The van der Waals surface area contributed by atoms with Crippen molar-refractivity contribution in [2.45, 2.75) is 25.4 Å². The zero-order valence-corrected chi connectivity index (χ0v) is 20.4. The summed E-state index contributed by atoms with van der Waals surface area (Å²) in [5.74, 6) is -0.237. The highest BCUT2D eigenvalue weighted by atomic mass is 16.2. The van der Waals surface area contributed by atoms with E-state index in [1.54, 1.807) is 36.4 Å². The van der Waals surface area contributed by atoms with Crippen LogP contribution in [-0.2, 0) is 13.6 Å². The lowest BCUT2D eigenvalue weighted by Crippen LogP contribution is -2.50. The summed E-state index contributed by atoms with van der Waals surface area (Å²) in [6.45, 7) is 0.777. The van der Waals surface area contributed by atoms with Crippen LogP contribution in [0.15, 0.2) is 52.2 Å². The molecule has 12 nitrogen and oxygen atoms in total. The molecule has 1 saturated heterocycles. The number of anilines is 1. The Labute approximate surface area is 215 Å². The number of pyridine rings is 1. The van der Waals surface area contributed by atoms with Crippen LogP contribution in [0, 0.1) is 11.3 Å². The number of carbonyl (C=O) groups excluding carboxylic acids is 2. The van der Waals surface area contributed by atoms with Crippen LogP contribution in [0.1, 0.15) is 44.8 Å². The van der Waals surface area contributed by atoms with Gasteiger partial charge in [0.05, 0.1) is 35.0 Å². The van der Waals surface area contributed by atoms with Gasteiger partial charge in [0.1, 0.15) is 6.07 Å². The van der Waals surface area contributed by atoms with E-state index in [4.69, 9.17) is 0 Å². The number of imidazole rings is 1. The van der Waals surface area contributed by atoms with Gasteiger partial charge >= 0.3 is 5.69 Å². The number of aryl methyl sites for hydroxylation is 1. The third-order valence-electron chi connectivity index (χ3n) is 7.17. The van der Waals surface area contributed by atoms with Crippen molar-refractivity contribution in [2.75, 3.05) is 18.0 Å². The molecule has 6 rings (SSSR count). The van der Waals surface area contributed by atoms with Gasteiger partial charge in [-0.25, -0.2) is 4.79 Å². The van der Waals surface area contributed by atoms with Crippen LogP contribution < -0.4 is 16.1 Å². The van der Waals surface area contributed by atoms with Crippen LogP contribution >= 0.6 is 0 Å². The first-order chi connectivity index (χ1) is 18.4. The van der Waals surface area contributed by atoms with E-state index in [0.29, 0.717) is 48.7 Å². The average Bonchev–Trinajstić information content (AvgIpc) is 3.50. The highest BCUT2D eigenvalue weighted by molar-refractivity contribution is 6.21. The smallest absolute Gasteiger partial charge is 0.332 e. The van der Waals surface area contributed by atoms with E-state index in [9.17, 15) is 24.4 Å². The summed E-state index contributed by atoms with van der Waals surface area (Å²) >= 11 is 0. The first kappa shape index (κ1) is 23.4. The number of nitrogens with one attached hydrogen (secondary N) is 1. The Morgan fingerprint density at radius 2 is 1.82 bits per heavy atom. The lowest BCUT2D eigenvalue weighted by molar-refractivity contribution is 0.0569. The fraction of sp³-hybridized carbons (Fsp3) is 0.269. The summed E-state index contributed by atoms with van der Waals surface area (Å²) in [6.07, 6.45) is 2.85. The Bertz CT molecular complexity index is 1760. The molecule has 1 atom stereocenters. The van der Waals surface area contributed by atoms with Gasteiger partial charge in [-0.1, -0.05) is 12.1 Å². The number of rotatable bonds is 4. The molecule has 0 radical (unpaired) electrons. The first-order valence-corrected chi connectivity index (χ1v) is 12.1. The summed E-state index contributed by atoms with van der Waals surface area (Å²) in [6, 6.07) is 11.6. The zero-order valence-electron chi connectivity index (χ0n) is 20.4. The number of hydrogen-bond donors (Lipinski definition) is 1. The molecular formula is C26H22N8O4. The highest BCUT2D eigenvalue weighted by Gasteiger charge is 2.41. The van der Waals surface area contributed by atoms with E-state index >= 15 is 0 Å². The number of aromatic amines is 1. The van der Waals surface area contributed by atoms with Crippen molar-refractivity contribution < 1.29 is 9.59 Å². The SMILES string of the molecule is Cn1c(=O)n(Cc2ncccc2C#N)c(=O)c2[nH]c(N3CCC[C@@H](N4C(=O)c5ccccc5C4=O)C3)nc21. The number of benzene rings is 1. The van der Waals surface area contributed by atoms with Gasteiger partial charge in [-0.05, 0) is 37.1 Å². The molecule has 38 heavy (non-hydrogen) atoms. The Morgan fingerprint density at radius 1 is 1.08 bits per heavy atom. The lowest BCUT2D eigenvalue weighted by atomic mass is 10.0. The van der Waals surface area contributed by atoms with E-state index in [2.05, 4.69) is 15.0 Å². The number of imide groups is 1. The van der Waals surface area contributed by atoms with Crippen molar-refractivity contribution in [3.8, 4) is 6.07 Å². The molecule has 0 unspecified atom stereocenters. The Morgan fingerprint density at radius 3 is 2.53 bits per heavy atom. The predicted octanol–water partition coefficient (Wildman–Crippen LogP) is 1.00. The summed E-state index contributed by atoms with van der Waals surface area (Å²) in [7, 11) is 1.52. The average molecular weight is 511 g/mol. The predicted molar refractivity (Wildman–Crippen MR) is 136 cm³/mol. The van der Waals surface area contributed by atoms with Gasteiger partial charge in [0.2, 0.25) is 5.95 Å². The number of fused-ring (bicyclic) bond motifs is 2. The Balaban J connectivity index is 1.33. The fourth-order valence-electron chi connectivity index (χ4n) is 5.24. The van der Waals surface area contributed by atoms with Crippen molar-refractivity contribution in [1.29, 1.82) is 5.26 Å². The van der Waals surface area contributed by atoms with Crippen molar-refractivity contribution in [1.82, 2.24) is 29.0 Å². The molecule has 2 aliphatic rings. The second-order valence-electron chi connectivity index (χ2n) is 9.37. The van der Waals surface area contributed by atoms with Gasteiger partial charge in [-0.2, -0.15) is 10.2 Å². The Hall–Kier alpha value is -5.05. The largest absolute Gasteiger partial charge is 0.340 e. The van der Waals surface area contributed by atoms with Crippen molar-refractivity contribution in [2.24, 2.45) is 7.05 Å². The second kappa shape index (κ2) is 8.81. The third kappa shape index (κ3) is 3.51. The molecule has 4 aromatic rings. The van der Waals surface area contributed by atoms with Crippen molar-refractivity contribution in [3.63, 3.8) is 0 Å². The van der Waals surface area contributed by atoms with Crippen LogP contribution in [0.3, 0.4) is 0 Å². The molecule has 0 spiro atoms. The van der Waals surface area contributed by atoms with Crippen LogP contribution in [-0.4, -0.2) is 59.9 Å². The molecule has 1 fully saturated rings. The van der Waals surface area contributed by atoms with Gasteiger partial charge in [0, 0.05) is 26.3 Å². The molecule has 2 amide bonds. The topological polar surface area (TPSA) is 150 Å². The quantitative estimate of drug-likeness (QED) is 0.400. The number of carbonyl (C=O) groups is 2. The van der Waals surface area contributed by atoms with Crippen molar-refractivity contribution >= 4 is 28.9 Å². The molecule has 12 heteroatoms. The van der Waals surface area contributed by atoms with Gasteiger partial charge in [-0.15, -0.1) is 0 Å². The fourth-order valence-corrected chi connectivity index (χ4v) is 5.24. The lowest BCUT2D eigenvalue weighted by Gasteiger charge is -2.36. The van der Waals surface area contributed by atoms with Crippen molar-refractivity contribution in [3.05, 3.63) is 85.8 Å². The van der Waals surface area contributed by atoms with E-state index in [0.717, 1.165) is 4.57 Å². The standard InChI is InChI=1S/C26H22N8O4/c1-31-21-20(24(37)33(26(31)38)14-19-15(12-27)6-4-10-28-19)29-25(30-21)32-11-5-7-16(13-32)34-22(35)17-8-2-3-9-18(17)23(34)36/h2-4,6,8-10,16H,5,7,11,13-14H2,1H3,(H,29,30)/t16-/m1/s1. The summed E-state index contributed by atoms with van der Waals surface area (Å²) < 4.78 is 2.29. The normalized spacial score (nSPS) is 17.2. The van der Waals surface area contributed by atoms with Gasteiger partial charge in [0.25, 0.3) is 17.4 Å². The maximum atomic E-state index is 13.3. The molecular weight excluding hydrogens is 488 g/mol. The van der Waals surface area contributed by atoms with Gasteiger partial charge in [-0.3, -0.25) is 33.4 Å². The molecule has 1 aromatic carbocycles. The molecule has 190 valence electrons. The minimum Gasteiger partial charge on any atom is -0.340 e. The molecule has 2 aliphatic heterocycles. The number of piperidine rings is 1. The highest BCUT2D eigenvalue weighted by Crippen LogP contribution is 2.29.